The Bertz CT molecular complexity index is 1240. The average molecular weight is 475 g/mol. The van der Waals surface area contributed by atoms with E-state index in [1.165, 1.54) is 34.5 Å². The molecule has 0 spiro atoms. The van der Waals surface area contributed by atoms with Gasteiger partial charge in [0.1, 0.15) is 5.82 Å². The lowest BCUT2D eigenvalue weighted by Gasteiger charge is -2.38. The molecule has 1 saturated heterocycles. The number of halogens is 2. The molecule has 6 rings (SSSR count). The van der Waals surface area contributed by atoms with Crippen molar-refractivity contribution in [1.82, 2.24) is 4.90 Å². The number of fused-ring (bicyclic) bond motifs is 3. The number of rotatable bonds is 6. The van der Waals surface area contributed by atoms with Crippen molar-refractivity contribution in [3.8, 4) is 11.1 Å². The Labute approximate surface area is 205 Å². The van der Waals surface area contributed by atoms with Gasteiger partial charge in [-0.05, 0) is 85.0 Å². The molecule has 5 heteroatoms. The molecule has 3 heterocycles. The predicted octanol–water partition coefficient (Wildman–Crippen LogP) is 6.34. The number of anilines is 1. The van der Waals surface area contributed by atoms with Gasteiger partial charge in [-0.3, -0.25) is 4.79 Å². The van der Waals surface area contributed by atoms with Gasteiger partial charge in [0.2, 0.25) is 0 Å². The van der Waals surface area contributed by atoms with Gasteiger partial charge in [-0.1, -0.05) is 29.8 Å². The van der Waals surface area contributed by atoms with E-state index in [4.69, 9.17) is 11.6 Å². The van der Waals surface area contributed by atoms with E-state index in [9.17, 15) is 9.18 Å². The Morgan fingerprint density at radius 3 is 2.71 bits per heavy atom. The van der Waals surface area contributed by atoms with Crippen molar-refractivity contribution >= 4 is 23.1 Å². The molecule has 3 aromatic carbocycles. The van der Waals surface area contributed by atoms with Gasteiger partial charge < -0.3 is 9.80 Å². The maximum atomic E-state index is 13.1. The predicted molar refractivity (Wildman–Crippen MR) is 135 cm³/mol. The van der Waals surface area contributed by atoms with E-state index >= 15 is 0 Å². The van der Waals surface area contributed by atoms with Crippen LogP contribution in [0.5, 0.6) is 0 Å². The molecule has 34 heavy (non-hydrogen) atoms. The summed E-state index contributed by atoms with van der Waals surface area (Å²) < 4.78 is 13.1. The van der Waals surface area contributed by atoms with Gasteiger partial charge in [-0.25, -0.2) is 4.39 Å². The molecule has 0 bridgehead atoms. The van der Waals surface area contributed by atoms with E-state index in [0.29, 0.717) is 23.9 Å². The summed E-state index contributed by atoms with van der Waals surface area (Å²) in [5.74, 6) is 0.285. The molecule has 0 N–H and O–H groups in total. The molecular weight excluding hydrogens is 447 g/mol. The first-order chi connectivity index (χ1) is 16.6. The van der Waals surface area contributed by atoms with Crippen molar-refractivity contribution in [2.24, 2.45) is 0 Å². The molecule has 3 aliphatic rings. The zero-order valence-corrected chi connectivity index (χ0v) is 19.9. The highest BCUT2D eigenvalue weighted by Crippen LogP contribution is 2.51. The van der Waals surface area contributed by atoms with Crippen LogP contribution in [0.1, 0.15) is 46.7 Å². The molecular formula is C29H28ClFN2O. The van der Waals surface area contributed by atoms with E-state index in [-0.39, 0.29) is 11.6 Å². The first kappa shape index (κ1) is 21.8. The number of Topliss-reactive ketones (excluding diaryl/α,β-unsaturated/α-hetero) is 1. The van der Waals surface area contributed by atoms with Crippen LogP contribution in [0.25, 0.3) is 11.1 Å². The van der Waals surface area contributed by atoms with Gasteiger partial charge in [0.05, 0.1) is 0 Å². The number of carbonyl (C=O) groups is 1. The normalized spacial score (nSPS) is 20.9. The van der Waals surface area contributed by atoms with Crippen molar-refractivity contribution in [3.05, 3.63) is 88.2 Å². The Kier molecular flexibility index (Phi) is 5.66. The fraction of sp³-hybridized carbons (Fsp3) is 0.345. The van der Waals surface area contributed by atoms with Gasteiger partial charge in [0, 0.05) is 59.9 Å². The summed E-state index contributed by atoms with van der Waals surface area (Å²) in [7, 11) is 0. The highest BCUT2D eigenvalue weighted by molar-refractivity contribution is 6.33. The molecule has 174 valence electrons. The molecule has 0 unspecified atom stereocenters. The third-order valence-electron chi connectivity index (χ3n) is 7.82. The van der Waals surface area contributed by atoms with E-state index in [1.54, 1.807) is 12.1 Å². The van der Waals surface area contributed by atoms with Gasteiger partial charge in [0.25, 0.3) is 0 Å². The third kappa shape index (κ3) is 3.83. The number of ketones is 1. The maximum absolute atomic E-state index is 13.1. The fourth-order valence-corrected chi connectivity index (χ4v) is 6.45. The zero-order valence-electron chi connectivity index (χ0n) is 19.1. The minimum atomic E-state index is -0.306. The quantitative estimate of drug-likeness (QED) is 0.389. The topological polar surface area (TPSA) is 23.6 Å². The molecule has 0 radical (unpaired) electrons. The van der Waals surface area contributed by atoms with Crippen molar-refractivity contribution in [1.29, 1.82) is 0 Å². The third-order valence-corrected chi connectivity index (χ3v) is 8.15. The largest absolute Gasteiger partial charge is 0.367 e. The van der Waals surface area contributed by atoms with Crippen LogP contribution in [-0.4, -0.2) is 42.9 Å². The van der Waals surface area contributed by atoms with Gasteiger partial charge >= 0.3 is 0 Å². The summed E-state index contributed by atoms with van der Waals surface area (Å²) in [5, 5.41) is 0.801. The standard InChI is InChI=1S/C29H28ClFN2O/c30-26-5-2-1-4-23(26)21-16-20-11-15-33-27-12-14-32(18-25(27)24(17-21)29(20)33)13-3-6-28(34)19-7-9-22(31)10-8-19/h1-2,4-5,7-10,16-17,25,27H,3,6,11-15,18H2/t25-,27-/m1/s1. The summed E-state index contributed by atoms with van der Waals surface area (Å²) in [4.78, 5) is 17.7. The molecule has 0 aliphatic carbocycles. The molecule has 0 amide bonds. The lowest BCUT2D eigenvalue weighted by Crippen LogP contribution is -2.46. The second kappa shape index (κ2) is 8.83. The van der Waals surface area contributed by atoms with Crippen LogP contribution in [0.15, 0.2) is 60.7 Å². The molecule has 2 atom stereocenters. The number of hydrogen-bond donors (Lipinski definition) is 0. The SMILES string of the molecule is O=C(CCCN1CC[C@@H]2[C@H](C1)c1cc(-c3ccccc3Cl)cc3c1N2CC3)c1ccc(F)cc1. The monoisotopic (exact) mass is 474 g/mol. The minimum absolute atomic E-state index is 0.0932. The van der Waals surface area contributed by atoms with Gasteiger partial charge in [0.15, 0.2) is 5.78 Å². The van der Waals surface area contributed by atoms with E-state index in [2.05, 4.69) is 34.1 Å². The summed E-state index contributed by atoms with van der Waals surface area (Å²) in [5.41, 5.74) is 7.34. The summed E-state index contributed by atoms with van der Waals surface area (Å²) >= 11 is 6.55. The highest BCUT2D eigenvalue weighted by Gasteiger charge is 2.45. The number of likely N-dealkylation sites (tertiary alicyclic amines) is 1. The second-order valence-electron chi connectivity index (χ2n) is 9.79. The first-order valence-electron chi connectivity index (χ1n) is 12.3. The number of benzene rings is 3. The lowest BCUT2D eigenvalue weighted by molar-refractivity contribution is 0.0971. The van der Waals surface area contributed by atoms with Crippen molar-refractivity contribution < 1.29 is 9.18 Å². The van der Waals surface area contributed by atoms with Crippen LogP contribution in [0.4, 0.5) is 10.1 Å². The van der Waals surface area contributed by atoms with Crippen LogP contribution in [0, 0.1) is 5.82 Å². The maximum Gasteiger partial charge on any atom is 0.162 e. The number of carbonyl (C=O) groups excluding carboxylic acids is 1. The van der Waals surface area contributed by atoms with E-state index in [1.807, 2.05) is 12.1 Å². The first-order valence-corrected chi connectivity index (χ1v) is 12.7. The summed E-state index contributed by atoms with van der Waals surface area (Å²) in [6.07, 6.45) is 3.60. The van der Waals surface area contributed by atoms with Crippen molar-refractivity contribution in [2.45, 2.75) is 37.6 Å². The number of piperidine rings is 1. The van der Waals surface area contributed by atoms with Gasteiger partial charge in [-0.15, -0.1) is 0 Å². The smallest absolute Gasteiger partial charge is 0.162 e. The average Bonchev–Trinajstić information content (AvgIpc) is 3.41. The molecule has 0 saturated carbocycles. The lowest BCUT2D eigenvalue weighted by atomic mass is 9.86. The van der Waals surface area contributed by atoms with E-state index < -0.39 is 0 Å². The number of hydrogen-bond acceptors (Lipinski definition) is 3. The van der Waals surface area contributed by atoms with Gasteiger partial charge in [-0.2, -0.15) is 0 Å². The summed E-state index contributed by atoms with van der Waals surface area (Å²) in [6, 6.07) is 19.3. The Hall–Kier alpha value is -2.69. The van der Waals surface area contributed by atoms with Crippen LogP contribution >= 0.6 is 11.6 Å². The molecule has 0 aromatic heterocycles. The Balaban J connectivity index is 1.17. The molecule has 3 nitrogen and oxygen atoms in total. The molecule has 3 aliphatic heterocycles. The van der Waals surface area contributed by atoms with Crippen LogP contribution in [-0.2, 0) is 6.42 Å². The van der Waals surface area contributed by atoms with Crippen LogP contribution < -0.4 is 4.90 Å². The zero-order chi connectivity index (χ0) is 23.2. The van der Waals surface area contributed by atoms with Crippen LogP contribution in [0.3, 0.4) is 0 Å². The Morgan fingerprint density at radius 1 is 1.06 bits per heavy atom. The second-order valence-corrected chi connectivity index (χ2v) is 10.2. The Morgan fingerprint density at radius 2 is 1.88 bits per heavy atom. The van der Waals surface area contributed by atoms with E-state index in [0.717, 1.165) is 56.0 Å². The number of nitrogens with zero attached hydrogens (tertiary/aromatic N) is 2. The van der Waals surface area contributed by atoms with Crippen molar-refractivity contribution in [3.63, 3.8) is 0 Å². The summed E-state index contributed by atoms with van der Waals surface area (Å²) in [6.45, 7) is 4.14. The highest BCUT2D eigenvalue weighted by atomic mass is 35.5. The molecule has 1 fully saturated rings. The van der Waals surface area contributed by atoms with Crippen LogP contribution in [0.2, 0.25) is 5.02 Å². The molecule has 3 aromatic rings. The minimum Gasteiger partial charge on any atom is -0.367 e. The fourth-order valence-electron chi connectivity index (χ4n) is 6.21. The van der Waals surface area contributed by atoms with Crippen molar-refractivity contribution in [2.75, 3.05) is 31.1 Å².